The van der Waals surface area contributed by atoms with E-state index in [1.54, 1.807) is 0 Å². The van der Waals surface area contributed by atoms with Gasteiger partial charge in [-0.2, -0.15) is 0 Å². The van der Waals surface area contributed by atoms with E-state index in [1.807, 2.05) is 4.90 Å². The molecule has 3 nitrogen and oxygen atoms in total. The van der Waals surface area contributed by atoms with Crippen molar-refractivity contribution in [3.05, 3.63) is 34.4 Å². The minimum atomic E-state index is 0.259. The molecule has 0 spiro atoms. The number of hydrogen-bond donors (Lipinski definition) is 1. The number of benzene rings is 1. The molecular formula is C16H24N2O. The fourth-order valence-corrected chi connectivity index (χ4v) is 2.58. The first-order valence-electron chi connectivity index (χ1n) is 7.13. The lowest BCUT2D eigenvalue weighted by Gasteiger charge is -2.20. The van der Waals surface area contributed by atoms with Crippen LogP contribution < -0.4 is 5.32 Å². The van der Waals surface area contributed by atoms with Crippen molar-refractivity contribution in [1.29, 1.82) is 0 Å². The zero-order chi connectivity index (χ0) is 13.8. The summed E-state index contributed by atoms with van der Waals surface area (Å²) in [6.45, 7) is 9.98. The molecule has 0 aliphatic carbocycles. The maximum absolute atomic E-state index is 12.4. The highest BCUT2D eigenvalue weighted by Gasteiger charge is 2.16. The molecule has 1 aromatic rings. The van der Waals surface area contributed by atoms with Gasteiger partial charge in [-0.25, -0.2) is 0 Å². The molecule has 0 bridgehead atoms. The van der Waals surface area contributed by atoms with Crippen LogP contribution in [0.4, 0.5) is 0 Å². The molecule has 1 aliphatic rings. The van der Waals surface area contributed by atoms with Crippen molar-refractivity contribution in [3.63, 3.8) is 0 Å². The van der Waals surface area contributed by atoms with Gasteiger partial charge in [-0.3, -0.25) is 4.79 Å². The van der Waals surface area contributed by atoms with Gasteiger partial charge >= 0.3 is 0 Å². The lowest BCUT2D eigenvalue weighted by Crippen LogP contribution is -2.35. The second-order valence-corrected chi connectivity index (χ2v) is 5.52. The largest absolute Gasteiger partial charge is 0.341 e. The van der Waals surface area contributed by atoms with Crippen molar-refractivity contribution in [1.82, 2.24) is 10.2 Å². The van der Waals surface area contributed by atoms with Crippen molar-refractivity contribution in [3.8, 4) is 0 Å². The summed E-state index contributed by atoms with van der Waals surface area (Å²) in [5.74, 6) is 0.259. The van der Waals surface area contributed by atoms with E-state index < -0.39 is 0 Å². The van der Waals surface area contributed by atoms with Crippen molar-refractivity contribution in [2.24, 2.45) is 0 Å². The van der Waals surface area contributed by atoms with E-state index in [2.05, 4.69) is 38.2 Å². The monoisotopic (exact) mass is 260 g/mol. The first kappa shape index (κ1) is 14.1. The topological polar surface area (TPSA) is 32.3 Å². The Morgan fingerprint density at radius 1 is 1.11 bits per heavy atom. The molecule has 1 fully saturated rings. The van der Waals surface area contributed by atoms with Crippen LogP contribution in [0, 0.1) is 20.8 Å². The highest BCUT2D eigenvalue weighted by atomic mass is 16.2. The summed E-state index contributed by atoms with van der Waals surface area (Å²) in [6.07, 6.45) is 1.59. The van der Waals surface area contributed by atoms with Gasteiger partial charge in [-0.1, -0.05) is 12.1 Å². The molecule has 19 heavy (non-hydrogen) atoms. The van der Waals surface area contributed by atoms with Gasteiger partial charge in [0.2, 0.25) is 5.91 Å². The third-order valence-electron chi connectivity index (χ3n) is 3.99. The maximum Gasteiger partial charge on any atom is 0.227 e. The minimum absolute atomic E-state index is 0.259. The number of hydrogen-bond acceptors (Lipinski definition) is 2. The number of amides is 1. The summed E-state index contributed by atoms with van der Waals surface area (Å²) in [6, 6.07) is 4.35. The van der Waals surface area contributed by atoms with E-state index in [-0.39, 0.29) is 5.91 Å². The normalized spacial score (nSPS) is 16.3. The zero-order valence-corrected chi connectivity index (χ0v) is 12.3. The van der Waals surface area contributed by atoms with Crippen LogP contribution in [0.1, 0.15) is 28.7 Å². The summed E-state index contributed by atoms with van der Waals surface area (Å²) < 4.78 is 0. The molecule has 0 saturated carbocycles. The Bertz CT molecular complexity index is 460. The predicted molar refractivity (Wildman–Crippen MR) is 78.4 cm³/mol. The second-order valence-electron chi connectivity index (χ2n) is 5.52. The SMILES string of the molecule is Cc1cc(C)c(CC(=O)N2CCCNCC2)cc1C. The summed E-state index contributed by atoms with van der Waals surface area (Å²) in [5.41, 5.74) is 4.97. The quantitative estimate of drug-likeness (QED) is 0.882. The molecule has 1 amide bonds. The van der Waals surface area contributed by atoms with Gasteiger partial charge < -0.3 is 10.2 Å². The van der Waals surface area contributed by atoms with Gasteiger partial charge in [0.1, 0.15) is 0 Å². The summed E-state index contributed by atoms with van der Waals surface area (Å²) in [4.78, 5) is 14.4. The van der Waals surface area contributed by atoms with Crippen molar-refractivity contribution in [2.75, 3.05) is 26.2 Å². The minimum Gasteiger partial charge on any atom is -0.341 e. The van der Waals surface area contributed by atoms with E-state index >= 15 is 0 Å². The molecule has 104 valence electrons. The fraction of sp³-hybridized carbons (Fsp3) is 0.562. The van der Waals surface area contributed by atoms with Crippen LogP contribution >= 0.6 is 0 Å². The molecule has 1 saturated heterocycles. The van der Waals surface area contributed by atoms with E-state index in [1.165, 1.54) is 22.3 Å². The molecule has 0 atom stereocenters. The smallest absolute Gasteiger partial charge is 0.227 e. The van der Waals surface area contributed by atoms with Gasteiger partial charge in [0.25, 0.3) is 0 Å². The number of nitrogens with zero attached hydrogens (tertiary/aromatic N) is 1. The first-order chi connectivity index (χ1) is 9.08. The van der Waals surface area contributed by atoms with Crippen LogP contribution in [0.5, 0.6) is 0 Å². The van der Waals surface area contributed by atoms with Crippen molar-refractivity contribution in [2.45, 2.75) is 33.6 Å². The fourth-order valence-electron chi connectivity index (χ4n) is 2.58. The summed E-state index contributed by atoms with van der Waals surface area (Å²) in [5, 5.41) is 3.33. The van der Waals surface area contributed by atoms with Crippen LogP contribution in [0.2, 0.25) is 0 Å². The van der Waals surface area contributed by atoms with Crippen LogP contribution in [-0.2, 0) is 11.2 Å². The summed E-state index contributed by atoms with van der Waals surface area (Å²) in [7, 11) is 0. The molecule has 0 aromatic heterocycles. The van der Waals surface area contributed by atoms with Crippen LogP contribution in [0.15, 0.2) is 12.1 Å². The predicted octanol–water partition coefficient (Wildman–Crippen LogP) is 1.98. The standard InChI is InChI=1S/C16H24N2O/c1-12-9-14(3)15(10-13(12)2)11-16(19)18-7-4-5-17-6-8-18/h9-10,17H,4-8,11H2,1-3H3. The number of carbonyl (C=O) groups excluding carboxylic acids is 1. The van der Waals surface area contributed by atoms with Crippen LogP contribution in [0.25, 0.3) is 0 Å². The highest BCUT2D eigenvalue weighted by molar-refractivity contribution is 5.79. The Morgan fingerprint density at radius 3 is 2.63 bits per heavy atom. The zero-order valence-electron chi connectivity index (χ0n) is 12.3. The molecule has 1 heterocycles. The molecule has 2 rings (SSSR count). The molecule has 0 radical (unpaired) electrons. The van der Waals surface area contributed by atoms with E-state index in [9.17, 15) is 4.79 Å². The molecule has 1 N–H and O–H groups in total. The molecule has 1 aliphatic heterocycles. The van der Waals surface area contributed by atoms with Crippen molar-refractivity contribution < 1.29 is 4.79 Å². The summed E-state index contributed by atoms with van der Waals surface area (Å²) >= 11 is 0. The third kappa shape index (κ3) is 3.57. The average Bonchev–Trinajstić information content (AvgIpc) is 2.64. The Hall–Kier alpha value is -1.35. The Morgan fingerprint density at radius 2 is 1.84 bits per heavy atom. The molecule has 1 aromatic carbocycles. The van der Waals surface area contributed by atoms with Crippen LogP contribution in [-0.4, -0.2) is 37.0 Å². The third-order valence-corrected chi connectivity index (χ3v) is 3.99. The number of rotatable bonds is 2. The highest BCUT2D eigenvalue weighted by Crippen LogP contribution is 2.16. The van der Waals surface area contributed by atoms with Gasteiger partial charge in [-0.05, 0) is 56.0 Å². The van der Waals surface area contributed by atoms with E-state index in [4.69, 9.17) is 0 Å². The second kappa shape index (κ2) is 6.20. The van der Waals surface area contributed by atoms with E-state index in [0.29, 0.717) is 6.42 Å². The van der Waals surface area contributed by atoms with Crippen molar-refractivity contribution >= 4 is 5.91 Å². The Balaban J connectivity index is 2.07. The van der Waals surface area contributed by atoms with E-state index in [0.717, 1.165) is 32.6 Å². The van der Waals surface area contributed by atoms with Crippen LogP contribution in [0.3, 0.4) is 0 Å². The molecule has 3 heteroatoms. The molecule has 0 unspecified atom stereocenters. The number of nitrogens with one attached hydrogen (secondary N) is 1. The number of carbonyl (C=O) groups is 1. The van der Waals surface area contributed by atoms with Gasteiger partial charge in [-0.15, -0.1) is 0 Å². The maximum atomic E-state index is 12.4. The lowest BCUT2D eigenvalue weighted by molar-refractivity contribution is -0.130. The van der Waals surface area contributed by atoms with Gasteiger partial charge in [0.05, 0.1) is 6.42 Å². The first-order valence-corrected chi connectivity index (χ1v) is 7.13. The van der Waals surface area contributed by atoms with Gasteiger partial charge in [0.15, 0.2) is 0 Å². The van der Waals surface area contributed by atoms with Gasteiger partial charge in [0, 0.05) is 19.6 Å². The molecular weight excluding hydrogens is 236 g/mol. The average molecular weight is 260 g/mol. The number of aryl methyl sites for hydroxylation is 3. The Labute approximate surface area is 116 Å². The lowest BCUT2D eigenvalue weighted by atomic mass is 9.98. The Kier molecular flexibility index (Phi) is 4.59.